The van der Waals surface area contributed by atoms with Gasteiger partial charge in [-0.3, -0.25) is 4.79 Å². The molecule has 37 heavy (non-hydrogen) atoms. The molecule has 3 heteroatoms. The third kappa shape index (κ3) is 14.3. The van der Waals surface area contributed by atoms with Gasteiger partial charge in [-0.2, -0.15) is 0 Å². The summed E-state index contributed by atoms with van der Waals surface area (Å²) in [5.74, 6) is 3.56. The van der Waals surface area contributed by atoms with Gasteiger partial charge in [-0.1, -0.05) is 97.1 Å². The fourth-order valence-electron chi connectivity index (χ4n) is 4.20. The zero-order valence-corrected chi connectivity index (χ0v) is 25.0. The van der Waals surface area contributed by atoms with Crippen LogP contribution in [0.5, 0.6) is 0 Å². The summed E-state index contributed by atoms with van der Waals surface area (Å²) in [6.45, 7) is 20.3. The Bertz CT molecular complexity index is 847. The van der Waals surface area contributed by atoms with Gasteiger partial charge < -0.3 is 9.15 Å². The molecule has 0 atom stereocenters. The molecule has 0 radical (unpaired) electrons. The number of rotatable bonds is 7. The Morgan fingerprint density at radius 3 is 2.00 bits per heavy atom. The van der Waals surface area contributed by atoms with Gasteiger partial charge in [0, 0.05) is 5.57 Å². The van der Waals surface area contributed by atoms with E-state index in [9.17, 15) is 4.79 Å². The molecule has 0 N–H and O–H groups in total. The van der Waals surface area contributed by atoms with Gasteiger partial charge in [0.2, 0.25) is 0 Å². The van der Waals surface area contributed by atoms with E-state index in [-0.39, 0.29) is 5.78 Å². The molecule has 3 nitrogen and oxygen atoms in total. The van der Waals surface area contributed by atoms with Crippen LogP contribution in [0.1, 0.15) is 129 Å². The Hall–Kier alpha value is -2.31. The number of hydrogen-bond acceptors (Lipinski definition) is 3. The fraction of sp³-hybridized carbons (Fsp3) is 0.618. The number of Topliss-reactive ketones (excluding diaryl/α,β-unsaturated/α-hetero) is 1. The molecule has 0 bridgehead atoms. The molecule has 2 aliphatic rings. The number of furan rings is 1. The second-order valence-electron chi connectivity index (χ2n) is 10.1. The molecule has 3 rings (SSSR count). The van der Waals surface area contributed by atoms with Gasteiger partial charge in [-0.05, 0) is 68.7 Å². The van der Waals surface area contributed by atoms with E-state index in [1.807, 2.05) is 0 Å². The minimum Gasteiger partial charge on any atom is -0.472 e. The maximum atomic E-state index is 10.4. The molecule has 208 valence electrons. The third-order valence-electron chi connectivity index (χ3n) is 6.67. The van der Waals surface area contributed by atoms with E-state index in [0.717, 1.165) is 18.6 Å². The molecule has 1 aliphatic heterocycles. The molecule has 2 heterocycles. The molecule has 1 aromatic rings. The summed E-state index contributed by atoms with van der Waals surface area (Å²) in [5, 5.41) is 0. The van der Waals surface area contributed by atoms with Gasteiger partial charge in [0.25, 0.3) is 0 Å². The van der Waals surface area contributed by atoms with Crippen LogP contribution < -0.4 is 0 Å². The number of terminal acetylenes is 1. The van der Waals surface area contributed by atoms with Crippen molar-refractivity contribution in [2.75, 3.05) is 13.2 Å². The Kier molecular flexibility index (Phi) is 20.4. The van der Waals surface area contributed by atoms with E-state index in [2.05, 4.69) is 58.5 Å². The number of unbranched alkanes of at least 4 members (excludes halogenated alkanes) is 3. The van der Waals surface area contributed by atoms with Gasteiger partial charge in [0.05, 0.1) is 25.0 Å². The highest BCUT2D eigenvalue weighted by atomic mass is 16.5. The number of carbonyl (C=O) groups excluding carboxylic acids is 1. The van der Waals surface area contributed by atoms with Crippen molar-refractivity contribution in [2.24, 2.45) is 5.92 Å². The maximum absolute atomic E-state index is 10.4. The minimum atomic E-state index is 0.0405. The lowest BCUT2D eigenvalue weighted by atomic mass is 9.78. The lowest BCUT2D eigenvalue weighted by Crippen LogP contribution is -2.19. The van der Waals surface area contributed by atoms with E-state index < -0.39 is 0 Å². The monoisotopic (exact) mass is 510 g/mol. The molecule has 1 fully saturated rings. The number of ketones is 1. The van der Waals surface area contributed by atoms with E-state index in [1.165, 1.54) is 106 Å². The van der Waals surface area contributed by atoms with Crippen molar-refractivity contribution >= 4 is 5.78 Å². The van der Waals surface area contributed by atoms with Crippen molar-refractivity contribution in [2.45, 2.75) is 119 Å². The minimum absolute atomic E-state index is 0.0405. The van der Waals surface area contributed by atoms with Gasteiger partial charge in [-0.15, -0.1) is 6.42 Å². The Morgan fingerprint density at radius 1 is 1.00 bits per heavy atom. The SMILES string of the molecule is C#CC(=C(C)C)C1=C(C(=C)C2CCCCC2)COCC1.CC(=O)c1ccoc1.CCCC.CCCCC. The van der Waals surface area contributed by atoms with Crippen molar-refractivity contribution in [1.29, 1.82) is 0 Å². The zero-order chi connectivity index (χ0) is 28.1. The Balaban J connectivity index is 0.000000622. The summed E-state index contributed by atoms with van der Waals surface area (Å²) in [4.78, 5) is 10.4. The van der Waals surface area contributed by atoms with Gasteiger partial charge >= 0.3 is 0 Å². The summed E-state index contributed by atoms with van der Waals surface area (Å²) in [7, 11) is 0. The average molecular weight is 511 g/mol. The average Bonchev–Trinajstić information content (AvgIpc) is 3.46. The molecule has 0 amide bonds. The largest absolute Gasteiger partial charge is 0.472 e. The number of ether oxygens (including phenoxy) is 1. The second-order valence-corrected chi connectivity index (χ2v) is 10.1. The molecular formula is C34H54O3. The van der Waals surface area contributed by atoms with Crippen LogP contribution in [0.4, 0.5) is 0 Å². The smallest absolute Gasteiger partial charge is 0.163 e. The summed E-state index contributed by atoms with van der Waals surface area (Å²) in [6.07, 6.45) is 22.9. The van der Waals surface area contributed by atoms with Crippen LogP contribution in [0.25, 0.3) is 0 Å². The van der Waals surface area contributed by atoms with E-state index in [1.54, 1.807) is 6.07 Å². The molecular weight excluding hydrogens is 456 g/mol. The molecule has 0 saturated heterocycles. The highest BCUT2D eigenvalue weighted by molar-refractivity contribution is 5.93. The quantitative estimate of drug-likeness (QED) is 0.270. The lowest BCUT2D eigenvalue weighted by Gasteiger charge is -2.29. The van der Waals surface area contributed by atoms with Crippen LogP contribution in [0, 0.1) is 18.3 Å². The number of hydrogen-bond donors (Lipinski definition) is 0. The summed E-state index contributed by atoms with van der Waals surface area (Å²) in [6, 6.07) is 1.64. The summed E-state index contributed by atoms with van der Waals surface area (Å²) >= 11 is 0. The first kappa shape index (κ1) is 34.7. The zero-order valence-electron chi connectivity index (χ0n) is 25.0. The maximum Gasteiger partial charge on any atom is 0.163 e. The highest BCUT2D eigenvalue weighted by Gasteiger charge is 2.24. The molecule has 0 aromatic carbocycles. The van der Waals surface area contributed by atoms with Gasteiger partial charge in [0.1, 0.15) is 6.26 Å². The van der Waals surface area contributed by atoms with Crippen LogP contribution in [-0.4, -0.2) is 19.0 Å². The Morgan fingerprint density at radius 2 is 1.62 bits per heavy atom. The van der Waals surface area contributed by atoms with Crippen molar-refractivity contribution in [1.82, 2.24) is 0 Å². The summed E-state index contributed by atoms with van der Waals surface area (Å²) < 4.78 is 10.3. The molecule has 1 aliphatic carbocycles. The van der Waals surface area contributed by atoms with Crippen molar-refractivity contribution in [3.63, 3.8) is 0 Å². The van der Waals surface area contributed by atoms with Crippen LogP contribution in [-0.2, 0) is 4.74 Å². The van der Waals surface area contributed by atoms with Crippen molar-refractivity contribution in [3.8, 4) is 12.3 Å². The fourth-order valence-corrected chi connectivity index (χ4v) is 4.20. The van der Waals surface area contributed by atoms with Crippen LogP contribution >= 0.6 is 0 Å². The number of carbonyl (C=O) groups is 1. The number of allylic oxidation sites excluding steroid dienone is 2. The predicted octanol–water partition coefficient (Wildman–Crippen LogP) is 10.3. The predicted molar refractivity (Wildman–Crippen MR) is 160 cm³/mol. The van der Waals surface area contributed by atoms with Gasteiger partial charge in [-0.25, -0.2) is 0 Å². The van der Waals surface area contributed by atoms with Crippen LogP contribution in [0.2, 0.25) is 0 Å². The van der Waals surface area contributed by atoms with Crippen LogP contribution in [0.15, 0.2) is 57.5 Å². The van der Waals surface area contributed by atoms with Crippen molar-refractivity contribution < 1.29 is 13.9 Å². The molecule has 0 unspecified atom stereocenters. The van der Waals surface area contributed by atoms with E-state index in [0.29, 0.717) is 18.1 Å². The molecule has 1 aromatic heterocycles. The highest BCUT2D eigenvalue weighted by Crippen LogP contribution is 2.37. The van der Waals surface area contributed by atoms with E-state index in [4.69, 9.17) is 11.2 Å². The third-order valence-corrected chi connectivity index (χ3v) is 6.67. The molecule has 0 spiro atoms. The first-order chi connectivity index (χ1) is 17.8. The first-order valence-corrected chi connectivity index (χ1v) is 14.4. The first-order valence-electron chi connectivity index (χ1n) is 14.4. The Labute approximate surface area is 228 Å². The lowest BCUT2D eigenvalue weighted by molar-refractivity contribution is 0.101. The summed E-state index contributed by atoms with van der Waals surface area (Å²) in [5.41, 5.74) is 6.81. The van der Waals surface area contributed by atoms with E-state index >= 15 is 0 Å². The second kappa shape index (κ2) is 21.7. The normalized spacial score (nSPS) is 15.0. The van der Waals surface area contributed by atoms with Crippen molar-refractivity contribution in [3.05, 3.63) is 58.6 Å². The molecule has 1 saturated carbocycles. The standard InChI is InChI=1S/C19H26O.C6H6O2.C5H12.C4H10/c1-5-17(14(2)3)18-11-12-20-13-19(18)15(4)16-9-7-6-8-10-16;1-5(7)6-2-3-8-4-6;1-3-5-4-2;1-3-4-2/h1,16H,4,6-13H2,2-3H3;2-4H,1H3;3-5H2,1-2H3;3-4H2,1-2H3. The van der Waals surface area contributed by atoms with Gasteiger partial charge in [0.15, 0.2) is 5.78 Å². The van der Waals surface area contributed by atoms with Crippen LogP contribution in [0.3, 0.4) is 0 Å². The topological polar surface area (TPSA) is 39.4 Å².